The second-order valence-corrected chi connectivity index (χ2v) is 6.63. The number of halogens is 1. The summed E-state index contributed by atoms with van der Waals surface area (Å²) in [6.45, 7) is 6.47. The van der Waals surface area contributed by atoms with Gasteiger partial charge in [0.1, 0.15) is 5.82 Å². The van der Waals surface area contributed by atoms with E-state index in [0.29, 0.717) is 16.5 Å². The highest BCUT2D eigenvalue weighted by atomic mass is 19.1. The van der Waals surface area contributed by atoms with Gasteiger partial charge < -0.3 is 10.1 Å². The first kappa shape index (κ1) is 15.3. The number of nitrogens with one attached hydrogen (secondary N) is 1. The van der Waals surface area contributed by atoms with Gasteiger partial charge in [-0.15, -0.1) is 0 Å². The van der Waals surface area contributed by atoms with Crippen molar-refractivity contribution in [2.45, 2.75) is 26.2 Å². The van der Waals surface area contributed by atoms with Gasteiger partial charge in [-0.1, -0.05) is 32.9 Å². The summed E-state index contributed by atoms with van der Waals surface area (Å²) in [5.41, 5.74) is 3.26. The molecule has 0 aliphatic heterocycles. The average molecular weight is 310 g/mol. The molecule has 1 heterocycles. The van der Waals surface area contributed by atoms with Crippen LogP contribution < -0.4 is 0 Å². The number of rotatable bonds is 2. The lowest BCUT2D eigenvalue weighted by molar-refractivity contribution is 0.457. The first-order valence-electron chi connectivity index (χ1n) is 7.49. The van der Waals surface area contributed by atoms with E-state index in [1.165, 1.54) is 17.7 Å². The Balaban J connectivity index is 1.94. The van der Waals surface area contributed by atoms with E-state index in [4.69, 9.17) is 0 Å². The van der Waals surface area contributed by atoms with Gasteiger partial charge >= 0.3 is 0 Å². The zero-order chi connectivity index (χ0) is 16.6. The number of aromatic amines is 1. The number of nitrogens with zero attached hydrogens (tertiary/aromatic N) is 1. The molecule has 0 aliphatic carbocycles. The Morgan fingerprint density at radius 2 is 1.78 bits per heavy atom. The van der Waals surface area contributed by atoms with Gasteiger partial charge in [0, 0.05) is 17.1 Å². The fraction of sp³-hybridized carbons (Fsp3) is 0.211. The summed E-state index contributed by atoms with van der Waals surface area (Å²) in [5.74, 6) is -0.360. The largest absolute Gasteiger partial charge is 0.494 e. The molecule has 0 spiro atoms. The Hall–Kier alpha value is -2.62. The van der Waals surface area contributed by atoms with Crippen molar-refractivity contribution in [3.63, 3.8) is 0 Å². The Labute approximate surface area is 134 Å². The summed E-state index contributed by atoms with van der Waals surface area (Å²) in [4.78, 5) is 7.20. The molecular weight excluding hydrogens is 291 g/mol. The van der Waals surface area contributed by atoms with Crippen molar-refractivity contribution < 1.29 is 9.50 Å². The second kappa shape index (κ2) is 5.54. The molecule has 0 radical (unpaired) electrons. The monoisotopic (exact) mass is 310 g/mol. The van der Waals surface area contributed by atoms with E-state index in [0.717, 1.165) is 5.69 Å². The normalized spacial score (nSPS) is 12.3. The van der Waals surface area contributed by atoms with E-state index in [2.05, 4.69) is 30.7 Å². The number of fused-ring (bicyclic) bond motifs is 1. The van der Waals surface area contributed by atoms with Crippen molar-refractivity contribution in [1.82, 2.24) is 4.98 Å². The molecule has 118 valence electrons. The van der Waals surface area contributed by atoms with Gasteiger partial charge in [-0.25, -0.2) is 4.39 Å². The Bertz CT molecular complexity index is 871. The SMILES string of the molecule is CC(C)(C)c1ccc(N=Cc2c(O)[nH]c3ccc(F)cc23)cc1. The lowest BCUT2D eigenvalue weighted by atomic mass is 9.87. The number of H-pyrrole nitrogens is 1. The van der Waals surface area contributed by atoms with Crippen LogP contribution in [0.4, 0.5) is 10.1 Å². The first-order valence-corrected chi connectivity index (χ1v) is 7.49. The molecule has 0 bridgehead atoms. The maximum atomic E-state index is 13.4. The Kier molecular flexibility index (Phi) is 3.68. The lowest BCUT2D eigenvalue weighted by Crippen LogP contribution is -2.10. The van der Waals surface area contributed by atoms with E-state index in [1.807, 2.05) is 24.3 Å². The molecule has 23 heavy (non-hydrogen) atoms. The fourth-order valence-corrected chi connectivity index (χ4v) is 2.49. The molecule has 0 amide bonds. The highest BCUT2D eigenvalue weighted by Crippen LogP contribution is 2.28. The van der Waals surface area contributed by atoms with Crippen LogP contribution in [-0.2, 0) is 5.41 Å². The third-order valence-corrected chi connectivity index (χ3v) is 3.86. The number of hydrogen-bond donors (Lipinski definition) is 2. The predicted octanol–water partition coefficient (Wildman–Crippen LogP) is 5.06. The minimum atomic E-state index is -0.347. The topological polar surface area (TPSA) is 48.4 Å². The van der Waals surface area contributed by atoms with Gasteiger partial charge in [0.25, 0.3) is 0 Å². The number of aromatic hydroxyl groups is 1. The summed E-state index contributed by atoms with van der Waals surface area (Å²) in [6.07, 6.45) is 1.56. The van der Waals surface area contributed by atoms with Gasteiger partial charge in [0.05, 0.1) is 11.3 Å². The maximum absolute atomic E-state index is 13.4. The zero-order valence-corrected chi connectivity index (χ0v) is 13.4. The molecule has 2 aromatic carbocycles. The molecule has 3 aromatic rings. The smallest absolute Gasteiger partial charge is 0.198 e. The molecule has 3 nitrogen and oxygen atoms in total. The quantitative estimate of drug-likeness (QED) is 0.638. The molecule has 2 N–H and O–H groups in total. The summed E-state index contributed by atoms with van der Waals surface area (Å²) in [6, 6.07) is 12.3. The van der Waals surface area contributed by atoms with Crippen molar-refractivity contribution >= 4 is 22.8 Å². The van der Waals surface area contributed by atoms with Gasteiger partial charge in [-0.05, 0) is 41.3 Å². The van der Waals surface area contributed by atoms with Crippen LogP contribution in [0.15, 0.2) is 47.5 Å². The van der Waals surface area contributed by atoms with E-state index in [9.17, 15) is 9.50 Å². The Morgan fingerprint density at radius 1 is 1.09 bits per heavy atom. The highest BCUT2D eigenvalue weighted by molar-refractivity contribution is 6.02. The third-order valence-electron chi connectivity index (χ3n) is 3.86. The number of aliphatic imine (C=N–C) groups is 1. The van der Waals surface area contributed by atoms with Crippen LogP contribution in [0.5, 0.6) is 5.88 Å². The van der Waals surface area contributed by atoms with E-state index >= 15 is 0 Å². The second-order valence-electron chi connectivity index (χ2n) is 6.63. The molecule has 0 saturated heterocycles. The third kappa shape index (κ3) is 3.11. The van der Waals surface area contributed by atoms with Crippen molar-refractivity contribution in [3.8, 4) is 5.88 Å². The standard InChI is InChI=1S/C19H19FN2O/c1-19(2,3)12-4-7-14(8-5-12)21-11-16-15-10-13(20)6-9-17(15)22-18(16)23/h4-11,22-23H,1-3H3. The van der Waals surface area contributed by atoms with Crippen LogP contribution in [0.3, 0.4) is 0 Å². The molecule has 0 saturated carbocycles. The zero-order valence-electron chi connectivity index (χ0n) is 13.4. The van der Waals surface area contributed by atoms with Crippen LogP contribution >= 0.6 is 0 Å². The Morgan fingerprint density at radius 3 is 2.43 bits per heavy atom. The predicted molar refractivity (Wildman–Crippen MR) is 92.3 cm³/mol. The van der Waals surface area contributed by atoms with E-state index in [-0.39, 0.29) is 17.1 Å². The molecule has 4 heteroatoms. The maximum Gasteiger partial charge on any atom is 0.198 e. The van der Waals surface area contributed by atoms with Gasteiger partial charge in [-0.2, -0.15) is 0 Å². The highest BCUT2D eigenvalue weighted by Gasteiger charge is 2.13. The van der Waals surface area contributed by atoms with Gasteiger partial charge in [0.2, 0.25) is 0 Å². The summed E-state index contributed by atoms with van der Waals surface area (Å²) in [5, 5.41) is 10.6. The summed E-state index contributed by atoms with van der Waals surface area (Å²) >= 11 is 0. The van der Waals surface area contributed by atoms with Crippen LogP contribution in [0.2, 0.25) is 0 Å². The summed E-state index contributed by atoms with van der Waals surface area (Å²) in [7, 11) is 0. The number of benzene rings is 2. The molecule has 0 fully saturated rings. The minimum absolute atomic E-state index is 0.0133. The van der Waals surface area contributed by atoms with Gasteiger partial charge in [0.15, 0.2) is 5.88 Å². The molecule has 0 aliphatic rings. The minimum Gasteiger partial charge on any atom is -0.494 e. The molecule has 0 unspecified atom stereocenters. The van der Waals surface area contributed by atoms with Crippen LogP contribution in [-0.4, -0.2) is 16.3 Å². The van der Waals surface area contributed by atoms with Crippen molar-refractivity contribution in [2.24, 2.45) is 4.99 Å². The van der Waals surface area contributed by atoms with Crippen LogP contribution in [0.1, 0.15) is 31.9 Å². The van der Waals surface area contributed by atoms with Crippen molar-refractivity contribution in [1.29, 1.82) is 0 Å². The van der Waals surface area contributed by atoms with E-state index < -0.39 is 0 Å². The number of aromatic nitrogens is 1. The first-order chi connectivity index (χ1) is 10.8. The average Bonchev–Trinajstić information content (AvgIpc) is 2.79. The van der Waals surface area contributed by atoms with Crippen LogP contribution in [0, 0.1) is 5.82 Å². The van der Waals surface area contributed by atoms with E-state index in [1.54, 1.807) is 12.3 Å². The van der Waals surface area contributed by atoms with Crippen molar-refractivity contribution in [2.75, 3.05) is 0 Å². The molecule has 1 aromatic heterocycles. The van der Waals surface area contributed by atoms with Gasteiger partial charge in [-0.3, -0.25) is 4.99 Å². The lowest BCUT2D eigenvalue weighted by Gasteiger charge is -2.18. The molecular formula is C19H19FN2O. The van der Waals surface area contributed by atoms with Crippen LogP contribution in [0.25, 0.3) is 10.9 Å². The molecule has 3 rings (SSSR count). The fourth-order valence-electron chi connectivity index (χ4n) is 2.49. The van der Waals surface area contributed by atoms with Crippen molar-refractivity contribution in [3.05, 3.63) is 59.4 Å². The number of hydrogen-bond acceptors (Lipinski definition) is 2. The summed E-state index contributed by atoms with van der Waals surface area (Å²) < 4.78 is 13.4. The molecule has 0 atom stereocenters.